The lowest BCUT2D eigenvalue weighted by molar-refractivity contribution is 0.226. The number of likely N-dealkylation sites (tertiary alicyclic amines) is 1. The number of hydrogen-bond donors (Lipinski definition) is 1. The standard InChI is InChI=1S/C12H18FN3/c1-2-16-8-4-5-10(9-16)15-12-11(13)6-3-7-14-12/h3,6-7,10H,2,4-5,8-9H2,1H3,(H,14,15). The monoisotopic (exact) mass is 223 g/mol. The summed E-state index contributed by atoms with van der Waals surface area (Å²) in [6, 6.07) is 3.37. The lowest BCUT2D eigenvalue weighted by Crippen LogP contribution is -2.42. The Balaban J connectivity index is 1.97. The molecular formula is C12H18FN3. The molecule has 3 nitrogen and oxygen atoms in total. The maximum Gasteiger partial charge on any atom is 0.165 e. The molecule has 0 aromatic carbocycles. The predicted molar refractivity (Wildman–Crippen MR) is 63.0 cm³/mol. The average molecular weight is 223 g/mol. The number of anilines is 1. The average Bonchev–Trinajstić information content (AvgIpc) is 2.32. The van der Waals surface area contributed by atoms with E-state index in [1.165, 1.54) is 12.5 Å². The van der Waals surface area contributed by atoms with Gasteiger partial charge in [0.1, 0.15) is 0 Å². The highest BCUT2D eigenvalue weighted by Gasteiger charge is 2.19. The predicted octanol–water partition coefficient (Wildman–Crippen LogP) is 2.12. The summed E-state index contributed by atoms with van der Waals surface area (Å²) >= 11 is 0. The summed E-state index contributed by atoms with van der Waals surface area (Å²) in [5, 5.41) is 3.19. The normalized spacial score (nSPS) is 22.0. The van der Waals surface area contributed by atoms with Crippen molar-refractivity contribution >= 4 is 5.82 Å². The van der Waals surface area contributed by atoms with Crippen molar-refractivity contribution in [1.82, 2.24) is 9.88 Å². The molecule has 1 aliphatic rings. The third kappa shape index (κ3) is 2.70. The topological polar surface area (TPSA) is 28.2 Å². The number of piperidine rings is 1. The molecule has 1 unspecified atom stereocenters. The zero-order valence-corrected chi connectivity index (χ0v) is 9.62. The molecule has 2 heterocycles. The van der Waals surface area contributed by atoms with Gasteiger partial charge < -0.3 is 10.2 Å². The molecule has 0 amide bonds. The fourth-order valence-corrected chi connectivity index (χ4v) is 2.15. The smallest absolute Gasteiger partial charge is 0.165 e. The zero-order chi connectivity index (χ0) is 11.4. The largest absolute Gasteiger partial charge is 0.364 e. The van der Waals surface area contributed by atoms with Crippen LogP contribution in [0.15, 0.2) is 18.3 Å². The molecule has 1 aromatic rings. The lowest BCUT2D eigenvalue weighted by atomic mass is 10.1. The summed E-state index contributed by atoms with van der Waals surface area (Å²) in [4.78, 5) is 6.40. The van der Waals surface area contributed by atoms with Crippen LogP contribution in [0, 0.1) is 5.82 Å². The van der Waals surface area contributed by atoms with Crippen molar-refractivity contribution in [2.45, 2.75) is 25.8 Å². The van der Waals surface area contributed by atoms with E-state index in [0.29, 0.717) is 11.9 Å². The van der Waals surface area contributed by atoms with E-state index in [2.05, 4.69) is 22.1 Å². The van der Waals surface area contributed by atoms with Gasteiger partial charge in [-0.2, -0.15) is 0 Å². The number of pyridine rings is 1. The van der Waals surface area contributed by atoms with Crippen molar-refractivity contribution in [3.8, 4) is 0 Å². The van der Waals surface area contributed by atoms with Gasteiger partial charge in [0.15, 0.2) is 11.6 Å². The maximum absolute atomic E-state index is 13.4. The van der Waals surface area contributed by atoms with Crippen LogP contribution >= 0.6 is 0 Å². The number of halogens is 1. The van der Waals surface area contributed by atoms with E-state index in [1.807, 2.05) is 0 Å². The van der Waals surface area contributed by atoms with Crippen LogP contribution in [-0.2, 0) is 0 Å². The second-order valence-corrected chi connectivity index (χ2v) is 4.21. The van der Waals surface area contributed by atoms with E-state index in [-0.39, 0.29) is 5.82 Å². The number of aromatic nitrogens is 1. The van der Waals surface area contributed by atoms with E-state index >= 15 is 0 Å². The van der Waals surface area contributed by atoms with Gasteiger partial charge in [-0.25, -0.2) is 9.37 Å². The molecule has 1 N–H and O–H groups in total. The first-order valence-electron chi connectivity index (χ1n) is 5.89. The Labute approximate surface area is 95.7 Å². The Morgan fingerprint density at radius 2 is 2.50 bits per heavy atom. The van der Waals surface area contributed by atoms with Gasteiger partial charge in [-0.15, -0.1) is 0 Å². The number of likely N-dealkylation sites (N-methyl/N-ethyl adjacent to an activating group) is 1. The van der Waals surface area contributed by atoms with Crippen LogP contribution in [0.25, 0.3) is 0 Å². The minimum absolute atomic E-state index is 0.267. The van der Waals surface area contributed by atoms with Crippen molar-refractivity contribution in [1.29, 1.82) is 0 Å². The zero-order valence-electron chi connectivity index (χ0n) is 9.62. The third-order valence-electron chi connectivity index (χ3n) is 3.05. The quantitative estimate of drug-likeness (QED) is 0.850. The lowest BCUT2D eigenvalue weighted by Gasteiger charge is -2.32. The summed E-state index contributed by atoms with van der Waals surface area (Å²) in [5.74, 6) is 0.113. The molecule has 1 fully saturated rings. The molecular weight excluding hydrogens is 205 g/mol. The van der Waals surface area contributed by atoms with Crippen molar-refractivity contribution < 1.29 is 4.39 Å². The maximum atomic E-state index is 13.4. The Morgan fingerprint density at radius 1 is 1.62 bits per heavy atom. The summed E-state index contributed by atoms with van der Waals surface area (Å²) in [6.07, 6.45) is 3.87. The Kier molecular flexibility index (Phi) is 3.72. The van der Waals surface area contributed by atoms with E-state index in [1.54, 1.807) is 12.3 Å². The van der Waals surface area contributed by atoms with Crippen LogP contribution in [0.2, 0.25) is 0 Å². The molecule has 2 rings (SSSR count). The fourth-order valence-electron chi connectivity index (χ4n) is 2.15. The first-order chi connectivity index (χ1) is 7.79. The minimum atomic E-state index is -0.267. The van der Waals surface area contributed by atoms with E-state index in [0.717, 1.165) is 26.1 Å². The van der Waals surface area contributed by atoms with Crippen molar-refractivity contribution in [3.05, 3.63) is 24.1 Å². The molecule has 0 bridgehead atoms. The summed E-state index contributed by atoms with van der Waals surface area (Å²) in [5.41, 5.74) is 0. The van der Waals surface area contributed by atoms with Crippen LogP contribution in [0.1, 0.15) is 19.8 Å². The highest BCUT2D eigenvalue weighted by atomic mass is 19.1. The fraction of sp³-hybridized carbons (Fsp3) is 0.583. The highest BCUT2D eigenvalue weighted by Crippen LogP contribution is 2.16. The second kappa shape index (κ2) is 5.25. The molecule has 88 valence electrons. The number of nitrogens with zero attached hydrogens (tertiary/aromatic N) is 2. The number of rotatable bonds is 3. The van der Waals surface area contributed by atoms with Crippen molar-refractivity contribution in [2.75, 3.05) is 25.0 Å². The van der Waals surface area contributed by atoms with Crippen molar-refractivity contribution in [2.24, 2.45) is 0 Å². The van der Waals surface area contributed by atoms with E-state index < -0.39 is 0 Å². The van der Waals surface area contributed by atoms with Gasteiger partial charge >= 0.3 is 0 Å². The van der Waals surface area contributed by atoms with Crippen LogP contribution in [0.5, 0.6) is 0 Å². The van der Waals surface area contributed by atoms with Gasteiger partial charge in [-0.05, 0) is 38.1 Å². The molecule has 1 saturated heterocycles. The van der Waals surface area contributed by atoms with Crippen LogP contribution in [0.4, 0.5) is 10.2 Å². The summed E-state index contributed by atoms with van der Waals surface area (Å²) < 4.78 is 13.4. The van der Waals surface area contributed by atoms with E-state index in [9.17, 15) is 4.39 Å². The first kappa shape index (κ1) is 11.3. The number of nitrogens with one attached hydrogen (secondary N) is 1. The number of hydrogen-bond acceptors (Lipinski definition) is 3. The van der Waals surface area contributed by atoms with Crippen molar-refractivity contribution in [3.63, 3.8) is 0 Å². The molecule has 0 spiro atoms. The highest BCUT2D eigenvalue weighted by molar-refractivity contribution is 5.36. The summed E-state index contributed by atoms with van der Waals surface area (Å²) in [7, 11) is 0. The molecule has 16 heavy (non-hydrogen) atoms. The Hall–Kier alpha value is -1.16. The first-order valence-corrected chi connectivity index (χ1v) is 5.89. The second-order valence-electron chi connectivity index (χ2n) is 4.21. The molecule has 1 aromatic heterocycles. The SMILES string of the molecule is CCN1CCCC(Nc2ncccc2F)C1. The van der Waals surface area contributed by atoms with Gasteiger partial charge in [0.05, 0.1) is 0 Å². The van der Waals surface area contributed by atoms with E-state index in [4.69, 9.17) is 0 Å². The molecule has 0 aliphatic carbocycles. The minimum Gasteiger partial charge on any atom is -0.364 e. The molecule has 1 atom stereocenters. The molecule has 0 saturated carbocycles. The van der Waals surface area contributed by atoms with Gasteiger partial charge in [0.25, 0.3) is 0 Å². The van der Waals surface area contributed by atoms with Gasteiger partial charge in [-0.1, -0.05) is 6.92 Å². The summed E-state index contributed by atoms with van der Waals surface area (Å²) in [6.45, 7) is 5.35. The third-order valence-corrected chi connectivity index (χ3v) is 3.05. The van der Waals surface area contributed by atoms with Crippen LogP contribution in [0.3, 0.4) is 0 Å². The molecule has 4 heteroatoms. The van der Waals surface area contributed by atoms with Crippen LogP contribution < -0.4 is 5.32 Å². The Morgan fingerprint density at radius 3 is 3.25 bits per heavy atom. The molecule has 0 radical (unpaired) electrons. The van der Waals surface area contributed by atoms with Gasteiger partial charge in [-0.3, -0.25) is 0 Å². The van der Waals surface area contributed by atoms with Crippen LogP contribution in [-0.4, -0.2) is 35.6 Å². The van der Waals surface area contributed by atoms with Gasteiger partial charge in [0, 0.05) is 18.8 Å². The Bertz CT molecular complexity index is 343. The molecule has 1 aliphatic heterocycles. The van der Waals surface area contributed by atoms with Gasteiger partial charge in [0.2, 0.25) is 0 Å².